The van der Waals surface area contributed by atoms with Gasteiger partial charge < -0.3 is 24.2 Å². The van der Waals surface area contributed by atoms with Gasteiger partial charge in [0.25, 0.3) is 0 Å². The number of aromatic nitrogens is 1. The number of hydrogen-bond acceptors (Lipinski definition) is 5. The minimum absolute atomic E-state index is 0. The number of piperazine rings is 1. The van der Waals surface area contributed by atoms with Crippen LogP contribution in [0.2, 0.25) is 0 Å². The minimum Gasteiger partial charge on any atom is -0.449 e. The number of hydrogen-bond donors (Lipinski definition) is 1. The van der Waals surface area contributed by atoms with E-state index in [1.165, 1.54) is 12.3 Å². The lowest BCUT2D eigenvalue weighted by atomic mass is 10.0. The summed E-state index contributed by atoms with van der Waals surface area (Å²) in [6.45, 7) is 4.94. The molecule has 0 unspecified atom stereocenters. The number of benzene rings is 1. The third-order valence-electron chi connectivity index (χ3n) is 6.29. The number of likely N-dealkylation sites (N-methyl/N-ethyl adjacent to an activating group) is 1. The average Bonchev–Trinajstić information content (AvgIpc) is 3.61. The van der Waals surface area contributed by atoms with E-state index >= 15 is 4.39 Å². The van der Waals surface area contributed by atoms with Crippen LogP contribution in [0.1, 0.15) is 50.6 Å². The van der Waals surface area contributed by atoms with Crippen LogP contribution in [0.5, 0.6) is 5.75 Å². The first-order valence-corrected chi connectivity index (χ1v) is 11.8. The normalized spacial score (nSPS) is 17.1. The molecule has 1 saturated carbocycles. The highest BCUT2D eigenvalue weighted by Gasteiger charge is 2.31. The summed E-state index contributed by atoms with van der Waals surface area (Å²) in [7, 11) is 2.03. The van der Waals surface area contributed by atoms with Gasteiger partial charge in [0, 0.05) is 42.8 Å². The summed E-state index contributed by atoms with van der Waals surface area (Å²) >= 11 is 6.84. The topological polar surface area (TPSA) is 75.0 Å². The van der Waals surface area contributed by atoms with E-state index in [2.05, 4.69) is 11.8 Å². The molecule has 1 aromatic carbocycles. The van der Waals surface area contributed by atoms with Crippen molar-refractivity contribution in [2.45, 2.75) is 45.1 Å². The zero-order valence-corrected chi connectivity index (χ0v) is 20.9. The number of rotatable bonds is 7. The Morgan fingerprint density at radius 2 is 1.97 bits per heavy atom. The number of allylic oxidation sites excluding steroid dienone is 1. The molecule has 0 bridgehead atoms. The molecule has 2 aromatic rings. The predicted octanol–water partition coefficient (Wildman–Crippen LogP) is 5.48. The standard InChI is InChI=1S/C24H29ClFN3O4.ClH/c1-3-4-5-6-17(25)20-21-16(13-18(26)22(20)28-11-9-27(2)10-12-28)23(30)19(33-24(31)32)14-29(21)15-7-8-15;/h6,13-15H,3-5,7-12H2,1-2H3,(H,31,32);1H/b17-6+;. The summed E-state index contributed by atoms with van der Waals surface area (Å²) in [4.78, 5) is 28.4. The van der Waals surface area contributed by atoms with Crippen molar-refractivity contribution < 1.29 is 19.0 Å². The molecule has 2 heterocycles. The fourth-order valence-electron chi connectivity index (χ4n) is 4.36. The summed E-state index contributed by atoms with van der Waals surface area (Å²) in [6.07, 6.45) is 6.18. The molecule has 0 atom stereocenters. The molecule has 34 heavy (non-hydrogen) atoms. The highest BCUT2D eigenvalue weighted by Crippen LogP contribution is 2.44. The fraction of sp³-hybridized carbons (Fsp3) is 0.500. The minimum atomic E-state index is -1.58. The molecule has 2 fully saturated rings. The maximum atomic E-state index is 15.7. The summed E-state index contributed by atoms with van der Waals surface area (Å²) in [6, 6.07) is 1.28. The molecule has 0 radical (unpaired) electrons. The van der Waals surface area contributed by atoms with Crippen molar-refractivity contribution in [3.63, 3.8) is 0 Å². The van der Waals surface area contributed by atoms with Crippen LogP contribution in [0.4, 0.5) is 14.9 Å². The number of pyridine rings is 1. The Hall–Kier alpha value is -2.29. The molecule has 2 aliphatic rings. The number of carbonyl (C=O) groups is 1. The van der Waals surface area contributed by atoms with Gasteiger partial charge in [0.15, 0.2) is 5.75 Å². The lowest BCUT2D eigenvalue weighted by Crippen LogP contribution is -2.45. The van der Waals surface area contributed by atoms with E-state index in [1.54, 1.807) is 0 Å². The van der Waals surface area contributed by atoms with E-state index < -0.39 is 17.4 Å². The van der Waals surface area contributed by atoms with E-state index in [9.17, 15) is 9.59 Å². The second-order valence-electron chi connectivity index (χ2n) is 8.79. The molecule has 0 spiro atoms. The van der Waals surface area contributed by atoms with Gasteiger partial charge in [0.2, 0.25) is 5.43 Å². The van der Waals surface area contributed by atoms with Crippen molar-refractivity contribution in [3.8, 4) is 5.75 Å². The second-order valence-corrected chi connectivity index (χ2v) is 9.20. The Kier molecular flexibility index (Phi) is 8.49. The Morgan fingerprint density at radius 3 is 2.56 bits per heavy atom. The molecule has 186 valence electrons. The number of ether oxygens (including phenoxy) is 1. The highest BCUT2D eigenvalue weighted by molar-refractivity contribution is 6.50. The van der Waals surface area contributed by atoms with Gasteiger partial charge in [-0.3, -0.25) is 4.79 Å². The van der Waals surface area contributed by atoms with Crippen molar-refractivity contribution in [1.29, 1.82) is 0 Å². The molecular weight excluding hydrogens is 484 g/mol. The average molecular weight is 514 g/mol. The van der Waals surface area contributed by atoms with Gasteiger partial charge in [-0.05, 0) is 32.4 Å². The Labute approximate surface area is 209 Å². The number of fused-ring (bicyclic) bond motifs is 1. The van der Waals surface area contributed by atoms with Gasteiger partial charge in [0.1, 0.15) is 5.82 Å². The van der Waals surface area contributed by atoms with Crippen LogP contribution in [-0.4, -0.2) is 54.0 Å². The number of halogens is 3. The Balaban J connectivity index is 0.00000324. The molecule has 4 rings (SSSR count). The van der Waals surface area contributed by atoms with E-state index in [4.69, 9.17) is 21.4 Å². The van der Waals surface area contributed by atoms with Crippen LogP contribution in [0.25, 0.3) is 15.9 Å². The van der Waals surface area contributed by atoms with Crippen LogP contribution in [0.3, 0.4) is 0 Å². The van der Waals surface area contributed by atoms with Crippen LogP contribution in [-0.2, 0) is 0 Å². The lowest BCUT2D eigenvalue weighted by Gasteiger charge is -2.36. The molecule has 1 N–H and O–H groups in total. The molecule has 7 nitrogen and oxygen atoms in total. The third-order valence-corrected chi connectivity index (χ3v) is 6.63. The SMILES string of the molecule is CCCC/C=C(/Cl)c1c(N2CCN(C)CC2)c(F)cc2c(=O)c(OC(=O)O)cn(C3CC3)c12.Cl. The zero-order valence-electron chi connectivity index (χ0n) is 19.4. The molecular formula is C24H30Cl2FN3O4. The van der Waals surface area contributed by atoms with Crippen molar-refractivity contribution in [2.75, 3.05) is 38.1 Å². The monoisotopic (exact) mass is 513 g/mol. The maximum Gasteiger partial charge on any atom is 0.511 e. The first-order valence-electron chi connectivity index (χ1n) is 11.4. The van der Waals surface area contributed by atoms with Crippen molar-refractivity contribution in [1.82, 2.24) is 9.47 Å². The number of anilines is 1. The van der Waals surface area contributed by atoms with Crippen molar-refractivity contribution in [2.24, 2.45) is 0 Å². The van der Waals surface area contributed by atoms with E-state index in [0.29, 0.717) is 34.9 Å². The van der Waals surface area contributed by atoms with Crippen LogP contribution in [0.15, 0.2) is 23.1 Å². The van der Waals surface area contributed by atoms with E-state index in [0.717, 1.165) is 45.2 Å². The third kappa shape index (κ3) is 5.34. The predicted molar refractivity (Wildman–Crippen MR) is 135 cm³/mol. The summed E-state index contributed by atoms with van der Waals surface area (Å²) < 4.78 is 22.3. The Bertz CT molecular complexity index is 1160. The van der Waals surface area contributed by atoms with E-state index in [1.807, 2.05) is 22.6 Å². The summed E-state index contributed by atoms with van der Waals surface area (Å²) in [5.74, 6) is -0.873. The Morgan fingerprint density at radius 1 is 1.29 bits per heavy atom. The molecule has 1 saturated heterocycles. The van der Waals surface area contributed by atoms with Crippen LogP contribution in [0, 0.1) is 5.82 Å². The molecule has 0 amide bonds. The quantitative estimate of drug-likeness (QED) is 0.390. The van der Waals surface area contributed by atoms with E-state index in [-0.39, 0.29) is 29.6 Å². The van der Waals surface area contributed by atoms with Crippen LogP contribution >= 0.6 is 24.0 Å². The molecule has 1 aromatic heterocycles. The summed E-state index contributed by atoms with van der Waals surface area (Å²) in [5.41, 5.74) is 0.771. The smallest absolute Gasteiger partial charge is 0.449 e. The maximum absolute atomic E-state index is 15.7. The number of unbranched alkanes of at least 4 members (excludes halogenated alkanes) is 2. The fourth-order valence-corrected chi connectivity index (χ4v) is 4.65. The van der Waals surface area contributed by atoms with Gasteiger partial charge in [-0.15, -0.1) is 12.4 Å². The lowest BCUT2D eigenvalue weighted by molar-refractivity contribution is 0.143. The highest BCUT2D eigenvalue weighted by atomic mass is 35.5. The van der Waals surface area contributed by atoms with Crippen molar-refractivity contribution in [3.05, 3.63) is 39.9 Å². The van der Waals surface area contributed by atoms with Gasteiger partial charge >= 0.3 is 6.16 Å². The zero-order chi connectivity index (χ0) is 23.7. The van der Waals surface area contributed by atoms with Gasteiger partial charge in [-0.25, -0.2) is 9.18 Å². The van der Waals surface area contributed by atoms with Crippen molar-refractivity contribution >= 4 is 51.8 Å². The first kappa shape index (κ1) is 26.3. The second kappa shape index (κ2) is 11.0. The van der Waals surface area contributed by atoms with Gasteiger partial charge in [0.05, 0.1) is 22.8 Å². The molecule has 10 heteroatoms. The van der Waals surface area contributed by atoms with Gasteiger partial charge in [-0.2, -0.15) is 0 Å². The number of nitrogens with zero attached hydrogens (tertiary/aromatic N) is 3. The largest absolute Gasteiger partial charge is 0.511 e. The molecule has 1 aliphatic heterocycles. The first-order chi connectivity index (χ1) is 15.8. The molecule has 1 aliphatic carbocycles. The van der Waals surface area contributed by atoms with Gasteiger partial charge in [-0.1, -0.05) is 37.4 Å². The number of carboxylic acid groups (broad SMARTS) is 1. The summed E-state index contributed by atoms with van der Waals surface area (Å²) in [5, 5.41) is 9.56. The van der Waals surface area contributed by atoms with Crippen LogP contribution < -0.4 is 15.1 Å².